The molecule has 2 aromatic carbocycles. The van der Waals surface area contributed by atoms with E-state index in [1.165, 1.54) is 24.0 Å². The topological polar surface area (TPSA) is 75.7 Å². The first-order valence-electron chi connectivity index (χ1n) is 8.51. The van der Waals surface area contributed by atoms with Gasteiger partial charge >= 0.3 is 0 Å². The van der Waals surface area contributed by atoms with E-state index in [1.807, 2.05) is 0 Å². The van der Waals surface area contributed by atoms with Gasteiger partial charge in [-0.05, 0) is 44.2 Å². The van der Waals surface area contributed by atoms with Crippen LogP contribution in [0.3, 0.4) is 0 Å². The van der Waals surface area contributed by atoms with Gasteiger partial charge < -0.3 is 15.0 Å². The van der Waals surface area contributed by atoms with Crippen molar-refractivity contribution in [2.24, 2.45) is 0 Å². The van der Waals surface area contributed by atoms with Crippen molar-refractivity contribution in [1.29, 1.82) is 0 Å². The van der Waals surface area contributed by atoms with Crippen LogP contribution < -0.4 is 15.0 Å². The van der Waals surface area contributed by atoms with Gasteiger partial charge in [0.1, 0.15) is 11.6 Å². The molecule has 7 heteroatoms. The van der Waals surface area contributed by atoms with Crippen molar-refractivity contribution in [2.45, 2.75) is 26.3 Å². The predicted octanol–water partition coefficient (Wildman–Crippen LogP) is 3.17. The molecule has 0 aliphatic carbocycles. The second kappa shape index (κ2) is 7.57. The van der Waals surface area contributed by atoms with Crippen LogP contribution in [-0.4, -0.2) is 30.2 Å². The van der Waals surface area contributed by atoms with Crippen LogP contribution in [0.2, 0.25) is 0 Å². The smallest absolute Gasteiger partial charge is 0.265 e. The van der Waals surface area contributed by atoms with Gasteiger partial charge in [0.25, 0.3) is 5.91 Å². The fraction of sp³-hybridized carbons (Fsp3) is 0.250. The standard InChI is InChI=1S/C20H19FN2O4/c1-12-9-19(25)22-16-5-3-4-6-17(16)23(12)20(26)11-27-18-8-7-14(21)10-15(18)13(2)24/h3-8,10,12H,9,11H2,1-2H3,(H,22,25)/t12-/m0/s1. The Kier molecular flexibility index (Phi) is 5.21. The van der Waals surface area contributed by atoms with E-state index < -0.39 is 5.82 Å². The number of benzene rings is 2. The number of amides is 2. The van der Waals surface area contributed by atoms with Gasteiger partial charge in [-0.15, -0.1) is 0 Å². The van der Waals surface area contributed by atoms with E-state index in [4.69, 9.17) is 4.74 Å². The fourth-order valence-corrected chi connectivity index (χ4v) is 3.08. The molecule has 1 heterocycles. The Labute approximate surface area is 155 Å². The normalized spacial score (nSPS) is 16.2. The number of para-hydroxylation sites is 2. The maximum Gasteiger partial charge on any atom is 0.265 e. The highest BCUT2D eigenvalue weighted by molar-refractivity contribution is 6.05. The fourth-order valence-electron chi connectivity index (χ4n) is 3.08. The van der Waals surface area contributed by atoms with E-state index in [0.717, 1.165) is 6.07 Å². The van der Waals surface area contributed by atoms with Crippen molar-refractivity contribution < 1.29 is 23.5 Å². The van der Waals surface area contributed by atoms with Crippen LogP contribution in [0.15, 0.2) is 42.5 Å². The molecule has 0 spiro atoms. The minimum Gasteiger partial charge on any atom is -0.483 e. The number of nitrogens with one attached hydrogen (secondary N) is 1. The number of carbonyl (C=O) groups is 3. The zero-order valence-corrected chi connectivity index (χ0v) is 15.0. The molecule has 1 N–H and O–H groups in total. The monoisotopic (exact) mass is 370 g/mol. The largest absolute Gasteiger partial charge is 0.483 e. The lowest BCUT2D eigenvalue weighted by molar-refractivity contribution is -0.121. The average Bonchev–Trinajstić information content (AvgIpc) is 2.74. The number of hydrogen-bond donors (Lipinski definition) is 1. The third-order valence-electron chi connectivity index (χ3n) is 4.30. The molecule has 0 aromatic heterocycles. The lowest BCUT2D eigenvalue weighted by Gasteiger charge is -2.27. The number of carbonyl (C=O) groups excluding carboxylic acids is 3. The number of halogens is 1. The minimum absolute atomic E-state index is 0.0731. The highest BCUT2D eigenvalue weighted by Gasteiger charge is 2.29. The van der Waals surface area contributed by atoms with Gasteiger partial charge in [-0.25, -0.2) is 4.39 Å². The predicted molar refractivity (Wildman–Crippen MR) is 98.5 cm³/mol. The van der Waals surface area contributed by atoms with E-state index >= 15 is 0 Å². The summed E-state index contributed by atoms with van der Waals surface area (Å²) in [6.45, 7) is 2.73. The van der Waals surface area contributed by atoms with Crippen LogP contribution in [0, 0.1) is 5.82 Å². The van der Waals surface area contributed by atoms with Gasteiger partial charge in [0.15, 0.2) is 12.4 Å². The Morgan fingerprint density at radius 3 is 2.74 bits per heavy atom. The van der Waals surface area contributed by atoms with Crippen molar-refractivity contribution in [1.82, 2.24) is 0 Å². The molecule has 0 fully saturated rings. The molecule has 0 saturated carbocycles. The molecule has 0 radical (unpaired) electrons. The zero-order valence-electron chi connectivity index (χ0n) is 15.0. The van der Waals surface area contributed by atoms with Crippen LogP contribution >= 0.6 is 0 Å². The zero-order chi connectivity index (χ0) is 19.6. The van der Waals surface area contributed by atoms with Crippen molar-refractivity contribution in [3.63, 3.8) is 0 Å². The van der Waals surface area contributed by atoms with Gasteiger partial charge in [0.2, 0.25) is 5.91 Å². The lowest BCUT2D eigenvalue weighted by Crippen LogP contribution is -2.41. The highest BCUT2D eigenvalue weighted by atomic mass is 19.1. The molecule has 1 atom stereocenters. The first-order chi connectivity index (χ1) is 12.9. The SMILES string of the molecule is CC(=O)c1cc(F)ccc1OCC(=O)N1c2ccccc2NC(=O)C[C@@H]1C. The van der Waals surface area contributed by atoms with E-state index in [9.17, 15) is 18.8 Å². The number of hydrogen-bond acceptors (Lipinski definition) is 4. The second-order valence-electron chi connectivity index (χ2n) is 6.37. The van der Waals surface area contributed by atoms with Crippen LogP contribution in [-0.2, 0) is 9.59 Å². The quantitative estimate of drug-likeness (QED) is 0.839. The number of Topliss-reactive ketones (excluding diaryl/α,β-unsaturated/α-hetero) is 1. The van der Waals surface area contributed by atoms with Crippen LogP contribution in [0.4, 0.5) is 15.8 Å². The molecule has 0 bridgehead atoms. The molecule has 2 amide bonds. The maximum atomic E-state index is 13.4. The summed E-state index contributed by atoms with van der Waals surface area (Å²) in [6, 6.07) is 10.2. The summed E-state index contributed by atoms with van der Waals surface area (Å²) in [6.07, 6.45) is 0.148. The molecule has 27 heavy (non-hydrogen) atoms. The molecule has 6 nitrogen and oxygen atoms in total. The Balaban J connectivity index is 1.84. The van der Waals surface area contributed by atoms with Gasteiger partial charge in [-0.1, -0.05) is 12.1 Å². The Bertz CT molecular complexity index is 913. The van der Waals surface area contributed by atoms with Crippen molar-refractivity contribution in [3.8, 4) is 5.75 Å². The molecule has 2 aromatic rings. The Morgan fingerprint density at radius 1 is 1.26 bits per heavy atom. The lowest BCUT2D eigenvalue weighted by atomic mass is 10.1. The summed E-state index contributed by atoms with van der Waals surface area (Å²) < 4.78 is 18.9. The Morgan fingerprint density at radius 2 is 2.00 bits per heavy atom. The molecular weight excluding hydrogens is 351 g/mol. The molecule has 140 valence electrons. The first kappa shape index (κ1) is 18.6. The van der Waals surface area contributed by atoms with E-state index in [0.29, 0.717) is 11.4 Å². The Hall–Kier alpha value is -3.22. The van der Waals surface area contributed by atoms with E-state index in [2.05, 4.69) is 5.32 Å². The third-order valence-corrected chi connectivity index (χ3v) is 4.30. The number of rotatable bonds is 4. The molecule has 1 aliphatic rings. The van der Waals surface area contributed by atoms with Crippen molar-refractivity contribution in [2.75, 3.05) is 16.8 Å². The number of fused-ring (bicyclic) bond motifs is 1. The first-order valence-corrected chi connectivity index (χ1v) is 8.51. The minimum atomic E-state index is -0.557. The number of ketones is 1. The molecular formula is C20H19FN2O4. The van der Waals surface area contributed by atoms with Crippen LogP contribution in [0.5, 0.6) is 5.75 Å². The molecule has 3 rings (SSSR count). The molecule has 0 saturated heterocycles. The van der Waals surface area contributed by atoms with Gasteiger partial charge in [-0.2, -0.15) is 0 Å². The van der Waals surface area contributed by atoms with Gasteiger partial charge in [-0.3, -0.25) is 14.4 Å². The van der Waals surface area contributed by atoms with Gasteiger partial charge in [0.05, 0.1) is 16.9 Å². The number of ether oxygens (including phenoxy) is 1. The summed E-state index contributed by atoms with van der Waals surface area (Å²) in [5.74, 6) is -1.32. The average molecular weight is 370 g/mol. The highest BCUT2D eigenvalue weighted by Crippen LogP contribution is 2.31. The summed E-state index contributed by atoms with van der Waals surface area (Å²) >= 11 is 0. The molecule has 1 aliphatic heterocycles. The van der Waals surface area contributed by atoms with Crippen molar-refractivity contribution in [3.05, 3.63) is 53.8 Å². The van der Waals surface area contributed by atoms with E-state index in [-0.39, 0.29) is 48.0 Å². The summed E-state index contributed by atoms with van der Waals surface area (Å²) in [4.78, 5) is 38.0. The van der Waals surface area contributed by atoms with Gasteiger partial charge in [0, 0.05) is 12.5 Å². The third kappa shape index (κ3) is 3.97. The van der Waals surface area contributed by atoms with Crippen molar-refractivity contribution >= 4 is 29.0 Å². The summed E-state index contributed by atoms with van der Waals surface area (Å²) in [5.41, 5.74) is 1.20. The maximum absolute atomic E-state index is 13.4. The molecule has 0 unspecified atom stereocenters. The number of nitrogens with zero attached hydrogens (tertiary/aromatic N) is 1. The summed E-state index contributed by atoms with van der Waals surface area (Å²) in [5, 5.41) is 2.78. The van der Waals surface area contributed by atoms with Crippen LogP contribution in [0.1, 0.15) is 30.6 Å². The summed E-state index contributed by atoms with van der Waals surface area (Å²) in [7, 11) is 0. The number of anilines is 2. The van der Waals surface area contributed by atoms with Crippen LogP contribution in [0.25, 0.3) is 0 Å². The second-order valence-corrected chi connectivity index (χ2v) is 6.37. The van der Waals surface area contributed by atoms with E-state index in [1.54, 1.807) is 31.2 Å².